The number of nitrogens with zero attached hydrogens (tertiary/aromatic N) is 3. The van der Waals surface area contributed by atoms with Gasteiger partial charge in [0.1, 0.15) is 0 Å². The maximum Gasteiger partial charge on any atom is 0.0903 e. The lowest BCUT2D eigenvalue weighted by atomic mass is 9.86. The average Bonchev–Trinajstić information content (AvgIpc) is 3.71. The van der Waals surface area contributed by atoms with Gasteiger partial charge in [0.25, 0.3) is 0 Å². The van der Waals surface area contributed by atoms with Gasteiger partial charge in [-0.2, -0.15) is 0 Å². The first kappa shape index (κ1) is 43.8. The van der Waals surface area contributed by atoms with Crippen molar-refractivity contribution in [2.75, 3.05) is 7.05 Å². The summed E-state index contributed by atoms with van der Waals surface area (Å²) in [6.45, 7) is 15.6. The SMILES string of the molecule is C=Nc1c(C(=NCc2cc(C3=CC(c4ccccc4)=CC(c4ccccc4)N3C)cc(-c3cccc(-c4ccccc4C(C)C)c3C)c2)c2ccccc2)sc2ccccc12.CCC. The summed E-state index contributed by atoms with van der Waals surface area (Å²) in [4.78, 5) is 13.6. The Kier molecular flexibility index (Phi) is 13.7. The fourth-order valence-corrected chi connectivity index (χ4v) is 9.97. The van der Waals surface area contributed by atoms with Crippen LogP contribution in [0.5, 0.6) is 0 Å². The normalized spacial score (nSPS) is 13.9. The van der Waals surface area contributed by atoms with E-state index in [0.29, 0.717) is 12.5 Å². The van der Waals surface area contributed by atoms with Gasteiger partial charge in [0.05, 0.1) is 28.9 Å². The van der Waals surface area contributed by atoms with Gasteiger partial charge in [0, 0.05) is 28.4 Å². The average molecular weight is 852 g/mol. The lowest BCUT2D eigenvalue weighted by Gasteiger charge is -2.35. The van der Waals surface area contributed by atoms with E-state index in [2.05, 4.69) is 246 Å². The van der Waals surface area contributed by atoms with Crippen LogP contribution in [0.4, 0.5) is 5.69 Å². The molecule has 0 N–H and O–H groups in total. The number of aliphatic imine (C=N–C) groups is 2. The van der Waals surface area contributed by atoms with E-state index in [-0.39, 0.29) is 6.04 Å². The summed E-state index contributed by atoms with van der Waals surface area (Å²) in [5.74, 6) is 0.404. The number of allylic oxidation sites excluding steroid dienone is 2. The monoisotopic (exact) mass is 851 g/mol. The zero-order valence-electron chi connectivity index (χ0n) is 37.9. The molecule has 0 bridgehead atoms. The van der Waals surface area contributed by atoms with Crippen molar-refractivity contribution < 1.29 is 0 Å². The van der Waals surface area contributed by atoms with E-state index in [1.54, 1.807) is 11.3 Å². The third-order valence-corrected chi connectivity index (χ3v) is 13.1. The van der Waals surface area contributed by atoms with Crippen LogP contribution in [0.1, 0.15) is 89.9 Å². The van der Waals surface area contributed by atoms with E-state index in [9.17, 15) is 0 Å². The number of thiophene rings is 1. The Morgan fingerprint density at radius 3 is 2.00 bits per heavy atom. The molecule has 4 heteroatoms. The van der Waals surface area contributed by atoms with Crippen LogP contribution in [0.25, 0.3) is 43.6 Å². The molecule has 0 aliphatic carbocycles. The quantitative estimate of drug-likeness (QED) is 0.119. The molecule has 9 rings (SSSR count). The molecule has 3 nitrogen and oxygen atoms in total. The Bertz CT molecular complexity index is 2970. The molecule has 0 radical (unpaired) electrons. The van der Waals surface area contributed by atoms with Crippen molar-refractivity contribution in [2.45, 2.75) is 59.5 Å². The molecule has 1 atom stereocenters. The summed E-state index contributed by atoms with van der Waals surface area (Å²) in [6, 6.07) is 63.2. The van der Waals surface area contributed by atoms with Crippen molar-refractivity contribution in [3.63, 3.8) is 0 Å². The maximum atomic E-state index is 5.52. The van der Waals surface area contributed by atoms with Crippen molar-refractivity contribution in [1.29, 1.82) is 0 Å². The van der Waals surface area contributed by atoms with E-state index >= 15 is 0 Å². The van der Waals surface area contributed by atoms with Gasteiger partial charge in [-0.15, -0.1) is 11.3 Å². The van der Waals surface area contributed by atoms with Gasteiger partial charge in [-0.1, -0.05) is 186 Å². The first-order chi connectivity index (χ1) is 31.3. The molecule has 318 valence electrons. The number of fused-ring (bicyclic) bond motifs is 1. The number of hydrogen-bond acceptors (Lipinski definition) is 4. The molecule has 0 spiro atoms. The summed E-state index contributed by atoms with van der Waals surface area (Å²) in [5, 5.41) is 1.10. The Hall–Kier alpha value is -6.88. The molecule has 7 aromatic carbocycles. The molecule has 0 saturated carbocycles. The summed E-state index contributed by atoms with van der Waals surface area (Å²) < 4.78 is 1.17. The van der Waals surface area contributed by atoms with E-state index in [0.717, 1.165) is 44.0 Å². The Morgan fingerprint density at radius 2 is 1.28 bits per heavy atom. The molecule has 0 amide bonds. The van der Waals surface area contributed by atoms with Crippen molar-refractivity contribution in [2.24, 2.45) is 9.98 Å². The molecule has 64 heavy (non-hydrogen) atoms. The minimum Gasteiger partial charge on any atom is -0.364 e. The zero-order valence-corrected chi connectivity index (χ0v) is 38.7. The number of likely N-dealkylation sites (N-methyl/N-ethyl adjacent to an activating group) is 1. The maximum absolute atomic E-state index is 5.52. The van der Waals surface area contributed by atoms with Gasteiger partial charge in [-0.3, -0.25) is 9.98 Å². The van der Waals surface area contributed by atoms with Crippen LogP contribution in [-0.4, -0.2) is 24.4 Å². The van der Waals surface area contributed by atoms with Crippen molar-refractivity contribution >= 4 is 50.8 Å². The lowest BCUT2D eigenvalue weighted by Crippen LogP contribution is -2.25. The third-order valence-electron chi connectivity index (χ3n) is 11.9. The highest BCUT2D eigenvalue weighted by Gasteiger charge is 2.25. The van der Waals surface area contributed by atoms with Gasteiger partial charge < -0.3 is 4.90 Å². The minimum atomic E-state index is 0.0431. The Balaban J connectivity index is 0.00000182. The van der Waals surface area contributed by atoms with Crippen LogP contribution in [0.2, 0.25) is 0 Å². The second kappa shape index (κ2) is 20.1. The van der Waals surface area contributed by atoms with Gasteiger partial charge >= 0.3 is 0 Å². The van der Waals surface area contributed by atoms with Gasteiger partial charge in [0.2, 0.25) is 0 Å². The van der Waals surface area contributed by atoms with E-state index < -0.39 is 0 Å². The van der Waals surface area contributed by atoms with Gasteiger partial charge in [0.15, 0.2) is 0 Å². The van der Waals surface area contributed by atoms with Crippen molar-refractivity contribution in [3.8, 4) is 22.3 Å². The highest BCUT2D eigenvalue weighted by molar-refractivity contribution is 7.21. The minimum absolute atomic E-state index is 0.0431. The third kappa shape index (κ3) is 9.25. The Labute approximate surface area is 384 Å². The molecule has 8 aromatic rings. The smallest absolute Gasteiger partial charge is 0.0903 e. The largest absolute Gasteiger partial charge is 0.364 e. The number of hydrogen-bond donors (Lipinski definition) is 0. The highest BCUT2D eigenvalue weighted by Crippen LogP contribution is 2.43. The van der Waals surface area contributed by atoms with Crippen LogP contribution in [0.3, 0.4) is 0 Å². The first-order valence-electron chi connectivity index (χ1n) is 22.5. The lowest BCUT2D eigenvalue weighted by molar-refractivity contribution is 0.413. The predicted octanol–water partition coefficient (Wildman–Crippen LogP) is 16.6. The van der Waals surface area contributed by atoms with Gasteiger partial charge in [-0.05, 0) is 117 Å². The molecule has 0 fully saturated rings. The van der Waals surface area contributed by atoms with Crippen LogP contribution in [0.15, 0.2) is 198 Å². The number of benzene rings is 7. The van der Waals surface area contributed by atoms with Crippen LogP contribution >= 0.6 is 11.3 Å². The molecular weight excluding hydrogens is 795 g/mol. The van der Waals surface area contributed by atoms with Crippen LogP contribution in [-0.2, 0) is 6.54 Å². The van der Waals surface area contributed by atoms with E-state index in [1.165, 1.54) is 61.2 Å². The molecule has 1 aliphatic heterocycles. The van der Waals surface area contributed by atoms with Gasteiger partial charge in [-0.25, -0.2) is 0 Å². The van der Waals surface area contributed by atoms with Crippen molar-refractivity contribution in [3.05, 3.63) is 232 Å². The Morgan fingerprint density at radius 1 is 0.672 bits per heavy atom. The standard InChI is InChI=1S/C57H49N3S.C3H8/c1-38(2)47-26-15-16-27-50(47)49-30-19-29-48(39(49)3)45-32-40(37-59-55(43-24-13-8-14-25-43)57-56(58-4)51-28-17-18-31-54(51)61-57)33-46(34-45)53-36-44(41-20-9-6-10-21-41)35-52(60(53)5)42-22-11-7-12-23-42;1-3-2/h6-36,38,52H,4,37H2,1-3,5H3;3H2,1-2H3. The highest BCUT2D eigenvalue weighted by atomic mass is 32.1. The van der Waals surface area contributed by atoms with Crippen LogP contribution in [0, 0.1) is 6.92 Å². The summed E-state index contributed by atoms with van der Waals surface area (Å²) in [5.41, 5.74) is 17.5. The van der Waals surface area contributed by atoms with Crippen molar-refractivity contribution in [1.82, 2.24) is 4.90 Å². The summed E-state index contributed by atoms with van der Waals surface area (Å²) in [7, 11) is 2.22. The second-order valence-corrected chi connectivity index (χ2v) is 17.8. The predicted molar refractivity (Wildman–Crippen MR) is 278 cm³/mol. The molecule has 1 aliphatic rings. The molecule has 1 aromatic heterocycles. The zero-order chi connectivity index (χ0) is 44.6. The molecule has 0 saturated heterocycles. The fourth-order valence-electron chi connectivity index (χ4n) is 8.78. The fraction of sp³-hybridized carbons (Fsp3) is 0.167. The second-order valence-electron chi connectivity index (χ2n) is 16.8. The topological polar surface area (TPSA) is 28.0 Å². The molecular formula is C60H57N3S. The molecule has 2 heterocycles. The summed E-state index contributed by atoms with van der Waals surface area (Å²) >= 11 is 1.73. The summed E-state index contributed by atoms with van der Waals surface area (Å²) in [6.07, 6.45) is 6.00. The number of rotatable bonds is 11. The molecule has 1 unspecified atom stereocenters. The first-order valence-corrected chi connectivity index (χ1v) is 23.3. The van der Waals surface area contributed by atoms with E-state index in [1.807, 2.05) is 0 Å². The van der Waals surface area contributed by atoms with Crippen LogP contribution < -0.4 is 0 Å². The van der Waals surface area contributed by atoms with E-state index in [4.69, 9.17) is 4.99 Å².